The summed E-state index contributed by atoms with van der Waals surface area (Å²) in [6, 6.07) is 0. The minimum atomic E-state index is 0.544. The molecule has 0 fully saturated rings. The predicted molar refractivity (Wildman–Crippen MR) is 55.3 cm³/mol. The molecule has 0 radical (unpaired) electrons. The molecule has 1 aromatic heterocycles. The summed E-state index contributed by atoms with van der Waals surface area (Å²) in [5, 5.41) is 3.54. The maximum absolute atomic E-state index is 5.94. The van der Waals surface area contributed by atoms with Gasteiger partial charge in [-0.25, -0.2) is 9.97 Å². The Balaban J connectivity index is 3.06. The molecule has 1 rings (SSSR count). The maximum atomic E-state index is 5.94. The van der Waals surface area contributed by atoms with Crippen LogP contribution in [-0.4, -0.2) is 17.0 Å². The number of nitrogens with one attached hydrogen (secondary N) is 1. The third-order valence-corrected chi connectivity index (χ3v) is 2.21. The number of hydrogen-bond donors (Lipinski definition) is 1. The Bertz CT molecular complexity index is 299. The molecule has 0 aliphatic rings. The van der Waals surface area contributed by atoms with Crippen molar-refractivity contribution < 1.29 is 0 Å². The second kappa shape index (κ2) is 4.42. The molecule has 0 atom stereocenters. The first-order valence-electron chi connectivity index (χ1n) is 4.39. The highest BCUT2D eigenvalue weighted by Gasteiger charge is 2.06. The van der Waals surface area contributed by atoms with Crippen molar-refractivity contribution in [1.29, 1.82) is 0 Å². The number of nitrogens with zero attached hydrogens (tertiary/aromatic N) is 2. The van der Waals surface area contributed by atoms with Gasteiger partial charge in [-0.05, 0) is 13.3 Å². The van der Waals surface area contributed by atoms with E-state index in [2.05, 4.69) is 22.2 Å². The third kappa shape index (κ3) is 2.31. The Morgan fingerprint density at radius 3 is 2.62 bits per heavy atom. The minimum absolute atomic E-state index is 0.544. The Morgan fingerprint density at radius 2 is 2.08 bits per heavy atom. The van der Waals surface area contributed by atoms with Crippen molar-refractivity contribution in [3.05, 3.63) is 16.5 Å². The molecule has 1 N–H and O–H groups in total. The predicted octanol–water partition coefficient (Wildman–Crippen LogP) is 2.43. The van der Waals surface area contributed by atoms with Crippen LogP contribution in [0, 0.1) is 6.92 Å². The summed E-state index contributed by atoms with van der Waals surface area (Å²) < 4.78 is 0. The maximum Gasteiger partial charge on any atom is 0.137 e. The Labute approximate surface area is 83.5 Å². The van der Waals surface area contributed by atoms with E-state index in [1.54, 1.807) is 0 Å². The fraction of sp³-hybridized carbons (Fsp3) is 0.556. The highest BCUT2D eigenvalue weighted by Crippen LogP contribution is 2.19. The molecule has 1 heterocycles. The minimum Gasteiger partial charge on any atom is -0.373 e. The number of aryl methyl sites for hydroxylation is 1. The monoisotopic (exact) mass is 199 g/mol. The summed E-state index contributed by atoms with van der Waals surface area (Å²) in [6.07, 6.45) is 1.90. The van der Waals surface area contributed by atoms with E-state index in [-0.39, 0.29) is 0 Å². The van der Waals surface area contributed by atoms with Crippen molar-refractivity contribution in [2.45, 2.75) is 26.7 Å². The smallest absolute Gasteiger partial charge is 0.137 e. The van der Waals surface area contributed by atoms with Crippen LogP contribution in [0.25, 0.3) is 0 Å². The highest BCUT2D eigenvalue weighted by atomic mass is 35.5. The van der Waals surface area contributed by atoms with E-state index in [0.717, 1.165) is 30.0 Å². The van der Waals surface area contributed by atoms with E-state index in [9.17, 15) is 0 Å². The first kappa shape index (κ1) is 10.3. The molecule has 0 saturated heterocycles. The molecule has 0 aromatic carbocycles. The lowest BCUT2D eigenvalue weighted by Crippen LogP contribution is -2.03. The average Bonchev–Trinajstić information content (AvgIpc) is 2.11. The van der Waals surface area contributed by atoms with Crippen LogP contribution in [0.1, 0.15) is 24.7 Å². The standard InChI is InChI=1S/C9H14ClN3/c1-4-5-7-12-8(10)6(2)9(11-3)13-7/h4-5H2,1-3H3,(H,11,12,13). The molecule has 72 valence electrons. The van der Waals surface area contributed by atoms with E-state index >= 15 is 0 Å². The van der Waals surface area contributed by atoms with Gasteiger partial charge in [0.2, 0.25) is 0 Å². The number of aromatic nitrogens is 2. The van der Waals surface area contributed by atoms with Crippen LogP contribution in [0.4, 0.5) is 5.82 Å². The van der Waals surface area contributed by atoms with Crippen LogP contribution in [0.2, 0.25) is 5.15 Å². The normalized spacial score (nSPS) is 10.2. The van der Waals surface area contributed by atoms with Gasteiger partial charge in [0.15, 0.2) is 0 Å². The second-order valence-corrected chi connectivity index (χ2v) is 3.26. The number of halogens is 1. The molecule has 0 unspecified atom stereocenters. The second-order valence-electron chi connectivity index (χ2n) is 2.90. The van der Waals surface area contributed by atoms with E-state index < -0.39 is 0 Å². The van der Waals surface area contributed by atoms with Crippen molar-refractivity contribution in [3.8, 4) is 0 Å². The van der Waals surface area contributed by atoms with Gasteiger partial charge >= 0.3 is 0 Å². The Hall–Kier alpha value is -0.830. The van der Waals surface area contributed by atoms with E-state index in [1.165, 1.54) is 0 Å². The van der Waals surface area contributed by atoms with Gasteiger partial charge in [-0.3, -0.25) is 0 Å². The fourth-order valence-corrected chi connectivity index (χ4v) is 1.30. The van der Waals surface area contributed by atoms with Crippen LogP contribution in [-0.2, 0) is 6.42 Å². The molecule has 1 aromatic rings. The van der Waals surface area contributed by atoms with Gasteiger partial charge in [0.25, 0.3) is 0 Å². The van der Waals surface area contributed by atoms with Gasteiger partial charge in [0, 0.05) is 19.0 Å². The number of anilines is 1. The molecule has 0 spiro atoms. The summed E-state index contributed by atoms with van der Waals surface area (Å²) in [6.45, 7) is 4.00. The molecule has 0 amide bonds. The SMILES string of the molecule is CCCc1nc(Cl)c(C)c(NC)n1. The molecule has 0 aliphatic carbocycles. The lowest BCUT2D eigenvalue weighted by atomic mass is 10.3. The van der Waals surface area contributed by atoms with Crippen molar-refractivity contribution in [3.63, 3.8) is 0 Å². The Morgan fingerprint density at radius 1 is 1.38 bits per heavy atom. The van der Waals surface area contributed by atoms with E-state index in [0.29, 0.717) is 5.15 Å². The van der Waals surface area contributed by atoms with Crippen LogP contribution in [0.3, 0.4) is 0 Å². The molecular weight excluding hydrogens is 186 g/mol. The van der Waals surface area contributed by atoms with Gasteiger partial charge in [-0.15, -0.1) is 0 Å². The van der Waals surface area contributed by atoms with Crippen molar-refractivity contribution in [1.82, 2.24) is 9.97 Å². The molecular formula is C9H14ClN3. The number of rotatable bonds is 3. The third-order valence-electron chi connectivity index (χ3n) is 1.84. The van der Waals surface area contributed by atoms with Crippen LogP contribution >= 0.6 is 11.6 Å². The van der Waals surface area contributed by atoms with Crippen LogP contribution in [0.5, 0.6) is 0 Å². The summed E-state index contributed by atoms with van der Waals surface area (Å²) in [4.78, 5) is 8.52. The van der Waals surface area contributed by atoms with E-state index in [4.69, 9.17) is 11.6 Å². The van der Waals surface area contributed by atoms with Crippen molar-refractivity contribution >= 4 is 17.4 Å². The van der Waals surface area contributed by atoms with Crippen molar-refractivity contribution in [2.24, 2.45) is 0 Å². The first-order valence-corrected chi connectivity index (χ1v) is 4.77. The molecule has 0 aliphatic heterocycles. The van der Waals surface area contributed by atoms with Crippen LogP contribution < -0.4 is 5.32 Å². The Kier molecular flexibility index (Phi) is 3.48. The quantitative estimate of drug-likeness (QED) is 0.760. The zero-order valence-corrected chi connectivity index (χ0v) is 8.94. The van der Waals surface area contributed by atoms with Gasteiger partial charge in [-0.2, -0.15) is 0 Å². The summed E-state index contributed by atoms with van der Waals surface area (Å²) in [5.74, 6) is 1.63. The first-order chi connectivity index (χ1) is 6.19. The summed E-state index contributed by atoms with van der Waals surface area (Å²) in [5.41, 5.74) is 0.906. The van der Waals surface area contributed by atoms with Gasteiger partial charge in [0.1, 0.15) is 16.8 Å². The zero-order valence-electron chi connectivity index (χ0n) is 8.19. The largest absolute Gasteiger partial charge is 0.373 e. The van der Waals surface area contributed by atoms with Crippen molar-refractivity contribution in [2.75, 3.05) is 12.4 Å². The molecule has 0 bridgehead atoms. The zero-order chi connectivity index (χ0) is 9.84. The molecule has 0 saturated carbocycles. The average molecular weight is 200 g/mol. The van der Waals surface area contributed by atoms with Gasteiger partial charge < -0.3 is 5.32 Å². The summed E-state index contributed by atoms with van der Waals surface area (Å²) >= 11 is 5.94. The molecule has 13 heavy (non-hydrogen) atoms. The fourth-order valence-electron chi connectivity index (χ4n) is 1.11. The topological polar surface area (TPSA) is 37.8 Å². The molecule has 4 heteroatoms. The van der Waals surface area contributed by atoms with Crippen LogP contribution in [0.15, 0.2) is 0 Å². The van der Waals surface area contributed by atoms with E-state index in [1.807, 2.05) is 14.0 Å². The number of hydrogen-bond acceptors (Lipinski definition) is 3. The lowest BCUT2D eigenvalue weighted by molar-refractivity contribution is 0.832. The van der Waals surface area contributed by atoms with Gasteiger partial charge in [0.05, 0.1) is 0 Å². The van der Waals surface area contributed by atoms with Gasteiger partial charge in [-0.1, -0.05) is 18.5 Å². The summed E-state index contributed by atoms with van der Waals surface area (Å²) in [7, 11) is 1.83. The molecule has 3 nitrogen and oxygen atoms in total. The highest BCUT2D eigenvalue weighted by molar-refractivity contribution is 6.30. The lowest BCUT2D eigenvalue weighted by Gasteiger charge is -2.07.